The van der Waals surface area contributed by atoms with E-state index in [0.29, 0.717) is 0 Å². The van der Waals surface area contributed by atoms with Crippen molar-refractivity contribution in [3.63, 3.8) is 0 Å². The summed E-state index contributed by atoms with van der Waals surface area (Å²) >= 11 is 0. The Bertz CT molecular complexity index is 648. The largest absolute Gasteiger partial charge is 0.370 e. The van der Waals surface area contributed by atoms with Gasteiger partial charge in [-0.15, -0.1) is 0 Å². The van der Waals surface area contributed by atoms with Crippen LogP contribution < -0.4 is 13.8 Å². The lowest BCUT2D eigenvalue weighted by Gasteiger charge is -2.55. The van der Waals surface area contributed by atoms with Gasteiger partial charge in [-0.1, -0.05) is 93.0 Å². The third-order valence-electron chi connectivity index (χ3n) is 5.10. The predicted octanol–water partition coefficient (Wildman–Crippen LogP) is 6.19. The second-order valence-corrected chi connectivity index (χ2v) is 32.1. The molecule has 0 amide bonds. The van der Waals surface area contributed by atoms with Crippen molar-refractivity contribution in [1.82, 2.24) is 4.65 Å². The summed E-state index contributed by atoms with van der Waals surface area (Å²) in [6, 6.07) is 9.20. The maximum Gasteiger partial charge on any atom is 0.317 e. The molecule has 0 unspecified atom stereocenters. The van der Waals surface area contributed by atoms with Crippen LogP contribution in [0.4, 0.5) is 11.4 Å². The van der Waals surface area contributed by atoms with Crippen molar-refractivity contribution < 1.29 is 0 Å². The molecule has 0 atom stereocenters. The van der Waals surface area contributed by atoms with Crippen LogP contribution in [0.25, 0.3) is 0 Å². The number of nitrogens with zero attached hydrogens (tertiary/aromatic N) is 2. The molecule has 1 heterocycles. The van der Waals surface area contributed by atoms with Crippen molar-refractivity contribution in [2.75, 3.05) is 22.2 Å². The van der Waals surface area contributed by atoms with Gasteiger partial charge >= 0.3 is 8.08 Å². The van der Waals surface area contributed by atoms with E-state index in [1.807, 2.05) is 0 Å². The Morgan fingerprint density at radius 3 is 1.36 bits per heavy atom. The average molecular weight is 436 g/mol. The molecule has 6 heteroatoms. The number of fused-ring (bicyclic) bond motifs is 1. The summed E-state index contributed by atoms with van der Waals surface area (Å²) in [5.74, 6) is 0. The second-order valence-electron chi connectivity index (χ2n) is 13.1. The lowest BCUT2D eigenvalue weighted by molar-refractivity contribution is 0.422. The number of para-hydroxylation sites is 2. The van der Waals surface area contributed by atoms with Gasteiger partial charge in [0.15, 0.2) is 0 Å². The molecule has 0 saturated heterocycles. The monoisotopic (exact) mass is 435 g/mol. The molecular formula is C22H45N3Si3. The molecule has 0 aromatic heterocycles. The third kappa shape index (κ3) is 4.94. The molecule has 0 bridgehead atoms. The molecule has 1 aromatic carbocycles. The van der Waals surface area contributed by atoms with Gasteiger partial charge in [-0.3, -0.25) is 0 Å². The molecule has 1 aromatic rings. The molecular weight excluding hydrogens is 391 g/mol. The van der Waals surface area contributed by atoms with E-state index in [0.717, 1.165) is 13.1 Å². The summed E-state index contributed by atoms with van der Waals surface area (Å²) in [5.41, 5.74) is 3.43. The molecule has 0 aliphatic carbocycles. The minimum Gasteiger partial charge on any atom is -0.370 e. The van der Waals surface area contributed by atoms with Crippen LogP contribution >= 0.6 is 0 Å². The van der Waals surface area contributed by atoms with Crippen LogP contribution in [0.15, 0.2) is 24.3 Å². The lowest BCUT2D eigenvalue weighted by atomic mass is 9.96. The molecule has 1 N–H and O–H groups in total. The number of anilines is 2. The second kappa shape index (κ2) is 7.29. The van der Waals surface area contributed by atoms with E-state index in [-0.39, 0.29) is 10.8 Å². The molecule has 0 spiro atoms. The standard InChI is InChI=1S/C22H45N3Si3/c1-21(2,3)17-24-19-15-13-14-16-20(19)25(18-22(4,5)6)28(24,27(10,11)12)23-26(7,8)9/h13-16,23H,17-18H2,1-12H3. The van der Waals surface area contributed by atoms with Crippen molar-refractivity contribution >= 4 is 35.3 Å². The fourth-order valence-electron chi connectivity index (χ4n) is 4.42. The predicted molar refractivity (Wildman–Crippen MR) is 136 cm³/mol. The Balaban J connectivity index is 2.82. The van der Waals surface area contributed by atoms with Gasteiger partial charge in [0.05, 0.1) is 11.4 Å². The van der Waals surface area contributed by atoms with Crippen LogP contribution in [0.3, 0.4) is 0 Å². The highest BCUT2D eigenvalue weighted by Gasteiger charge is 2.63. The van der Waals surface area contributed by atoms with E-state index < -0.39 is 23.9 Å². The minimum atomic E-state index is -2.14. The van der Waals surface area contributed by atoms with E-state index in [9.17, 15) is 0 Å². The number of nitrogens with one attached hydrogen (secondary N) is 1. The Hall–Kier alpha value is -0.569. The van der Waals surface area contributed by atoms with E-state index in [1.165, 1.54) is 11.4 Å². The van der Waals surface area contributed by atoms with Gasteiger partial charge in [0.25, 0.3) is 0 Å². The van der Waals surface area contributed by atoms with Crippen LogP contribution in [-0.2, 0) is 0 Å². The van der Waals surface area contributed by atoms with Crippen molar-refractivity contribution in [2.24, 2.45) is 10.8 Å². The minimum absolute atomic E-state index is 0.254. The van der Waals surface area contributed by atoms with Gasteiger partial charge in [0, 0.05) is 13.1 Å². The Kier molecular flexibility index (Phi) is 6.17. The molecule has 3 nitrogen and oxygen atoms in total. The fourth-order valence-corrected chi connectivity index (χ4v) is 28.4. The summed E-state index contributed by atoms with van der Waals surface area (Å²) in [5, 5.41) is 0. The maximum absolute atomic E-state index is 4.46. The van der Waals surface area contributed by atoms with E-state index in [2.05, 4.69) is 119 Å². The first-order valence-corrected chi connectivity index (χ1v) is 20.7. The molecule has 0 saturated carbocycles. The molecule has 0 radical (unpaired) electrons. The molecule has 1 aliphatic rings. The van der Waals surface area contributed by atoms with Crippen molar-refractivity contribution in [3.05, 3.63) is 24.3 Å². The number of rotatable bonds is 5. The number of hydrogen-bond donors (Lipinski definition) is 1. The zero-order valence-corrected chi connectivity index (χ0v) is 23.6. The van der Waals surface area contributed by atoms with Crippen LogP contribution in [0.5, 0.6) is 0 Å². The topological polar surface area (TPSA) is 18.5 Å². The first kappa shape index (κ1) is 23.7. The summed E-state index contributed by atoms with van der Waals surface area (Å²) in [7, 11) is -5.24. The summed E-state index contributed by atoms with van der Waals surface area (Å²) in [4.78, 5) is 0. The SMILES string of the molecule is CC(C)(C)CN1c2ccccc2N(CC(C)(C)C)[Si]1(N[Si](C)(C)C)[Si](C)(C)C. The quantitative estimate of drug-likeness (QED) is 0.557. The van der Waals surface area contributed by atoms with E-state index >= 15 is 0 Å². The van der Waals surface area contributed by atoms with Crippen LogP contribution in [-0.4, -0.2) is 37.0 Å². The molecule has 2 rings (SSSR count). The molecule has 160 valence electrons. The molecule has 0 fully saturated rings. The maximum atomic E-state index is 4.46. The lowest BCUT2D eigenvalue weighted by Crippen LogP contribution is -2.87. The van der Waals surface area contributed by atoms with Crippen molar-refractivity contribution in [2.45, 2.75) is 80.8 Å². The highest BCUT2D eigenvalue weighted by Crippen LogP contribution is 2.47. The van der Waals surface area contributed by atoms with Gasteiger partial charge in [-0.2, -0.15) is 0 Å². The Labute approximate surface area is 178 Å². The highest BCUT2D eigenvalue weighted by molar-refractivity contribution is 7.44. The molecule has 1 aliphatic heterocycles. The normalized spacial score (nSPS) is 17.9. The molecule has 28 heavy (non-hydrogen) atoms. The Morgan fingerprint density at radius 1 is 0.750 bits per heavy atom. The number of benzene rings is 1. The third-order valence-corrected chi connectivity index (χ3v) is 23.0. The summed E-state index contributed by atoms with van der Waals surface area (Å²) in [6.45, 7) is 31.8. The average Bonchev–Trinajstić information content (AvgIpc) is 2.66. The van der Waals surface area contributed by atoms with Crippen molar-refractivity contribution in [1.29, 1.82) is 0 Å². The van der Waals surface area contributed by atoms with Gasteiger partial charge < -0.3 is 13.8 Å². The van der Waals surface area contributed by atoms with Crippen LogP contribution in [0.1, 0.15) is 41.5 Å². The van der Waals surface area contributed by atoms with Gasteiger partial charge in [0.1, 0.15) is 15.8 Å². The van der Waals surface area contributed by atoms with E-state index in [4.69, 9.17) is 0 Å². The Morgan fingerprint density at radius 2 is 1.11 bits per heavy atom. The zero-order chi connectivity index (χ0) is 21.8. The summed E-state index contributed by atoms with van der Waals surface area (Å²) < 4.78 is 10.2. The van der Waals surface area contributed by atoms with Gasteiger partial charge in [0.2, 0.25) is 0 Å². The smallest absolute Gasteiger partial charge is 0.317 e. The van der Waals surface area contributed by atoms with Gasteiger partial charge in [-0.25, -0.2) is 0 Å². The van der Waals surface area contributed by atoms with Gasteiger partial charge in [-0.05, 0) is 23.0 Å². The first-order valence-electron chi connectivity index (χ1n) is 10.8. The number of hydrogen-bond acceptors (Lipinski definition) is 3. The van der Waals surface area contributed by atoms with Crippen LogP contribution in [0, 0.1) is 10.8 Å². The summed E-state index contributed by atoms with van der Waals surface area (Å²) in [6.07, 6.45) is 0. The fraction of sp³-hybridized carbons (Fsp3) is 0.727. The first-order chi connectivity index (χ1) is 12.4. The van der Waals surface area contributed by atoms with E-state index in [1.54, 1.807) is 0 Å². The van der Waals surface area contributed by atoms with Crippen LogP contribution in [0.2, 0.25) is 39.3 Å². The zero-order valence-electron chi connectivity index (χ0n) is 20.6. The highest BCUT2D eigenvalue weighted by atomic mass is 29.3. The van der Waals surface area contributed by atoms with Crippen molar-refractivity contribution in [3.8, 4) is 0 Å².